The van der Waals surface area contributed by atoms with Gasteiger partial charge in [0.05, 0.1) is 47.0 Å². The lowest BCUT2D eigenvalue weighted by Crippen LogP contribution is -2.37. The van der Waals surface area contributed by atoms with Gasteiger partial charge in [-0.3, -0.25) is 9.59 Å². The molecule has 0 bridgehead atoms. The first-order chi connectivity index (χ1) is 34.3. The number of carbonyl (C=O) groups excluding carboxylic acids is 2. The van der Waals surface area contributed by atoms with Gasteiger partial charge in [-0.25, -0.2) is 0 Å². The van der Waals surface area contributed by atoms with Crippen molar-refractivity contribution < 1.29 is 81.2 Å². The van der Waals surface area contributed by atoms with Crippen molar-refractivity contribution in [3.63, 3.8) is 0 Å². The third kappa shape index (κ3) is 14.5. The Morgan fingerprint density at radius 3 is 1.29 bits per heavy atom. The van der Waals surface area contributed by atoms with Crippen LogP contribution in [0.15, 0.2) is 158 Å². The Morgan fingerprint density at radius 1 is 0.521 bits per heavy atom. The first-order valence-corrected chi connectivity index (χ1v) is 23.4. The number of hydrogen-bond donors (Lipinski definition) is 0. The molecule has 2 fully saturated rings. The van der Waals surface area contributed by atoms with E-state index in [-0.39, 0.29) is 59.8 Å². The molecule has 0 unspecified atom stereocenters. The molecule has 0 aliphatic carbocycles. The quantitative estimate of drug-likeness (QED) is 0.0731. The number of cyclic esters (lactones) is 2. The minimum atomic E-state index is -4.97. The summed E-state index contributed by atoms with van der Waals surface area (Å²) in [6.07, 6.45) is -21.4. The molecule has 0 amide bonds. The van der Waals surface area contributed by atoms with Crippen LogP contribution < -0.4 is 0 Å². The fraction of sp³-hybridized carbons (Fsp3) is 0.296. The van der Waals surface area contributed by atoms with E-state index in [1.165, 1.54) is 13.8 Å². The maximum Gasteiger partial charge on any atom is 0.416 e. The first kappa shape index (κ1) is 56.1. The van der Waals surface area contributed by atoms with Crippen molar-refractivity contribution in [3.8, 4) is 0 Å². The first-order valence-electron chi connectivity index (χ1n) is 22.3. The largest absolute Gasteiger partial charge is 0.457 e. The molecule has 0 N–H and O–H groups in total. The Balaban J connectivity index is 0.000000197. The minimum absolute atomic E-state index is 0.00572. The summed E-state index contributed by atoms with van der Waals surface area (Å²) in [6, 6.07) is 40.2. The van der Waals surface area contributed by atoms with Crippen LogP contribution in [0, 0.1) is 0 Å². The van der Waals surface area contributed by atoms with Crippen molar-refractivity contribution in [2.45, 2.75) is 87.1 Å². The number of carbonyl (C=O) groups is 2. The molecule has 388 valence electrons. The van der Waals surface area contributed by atoms with E-state index in [4.69, 9.17) is 18.9 Å². The van der Waals surface area contributed by atoms with Crippen LogP contribution in [0.1, 0.15) is 113 Å². The Kier molecular flexibility index (Phi) is 18.0. The molecule has 0 radical (unpaired) electrons. The molecule has 2 heterocycles. The highest BCUT2D eigenvalue weighted by molar-refractivity contribution is 9.09. The van der Waals surface area contributed by atoms with Gasteiger partial charge < -0.3 is 18.9 Å². The third-order valence-corrected chi connectivity index (χ3v) is 12.4. The van der Waals surface area contributed by atoms with E-state index < -0.39 is 76.7 Å². The fourth-order valence-electron chi connectivity index (χ4n) is 8.12. The standard InChI is InChI=1S/C27H22F6O3.C16H14O2.C11H9BrF6O/c1-17(19-12-21(26(28,29)30)14-22(13-19)27(31,32)33)35-16-25(20-10-6-3-7-11-20)15-23(36-24(25)34)18-8-4-2-5-9-18;17-16-14(12-7-3-1-4-8-12)11-15(18-16)13-9-5-2-6-10-13;1-6(19-5-12)7-2-8(10(13,14)15)4-9(3-7)11(16,17)18/h2-14,17,23H,15-16H2,1H3;1-10,14-15H,11H2;2-4,6H,5H2,1H3/t17-,23+,25+;14-,15-;6-/m101/s1. The highest BCUT2D eigenvalue weighted by atomic mass is 79.9. The molecule has 8 rings (SSSR count). The maximum absolute atomic E-state index is 13.3. The zero-order valence-corrected chi connectivity index (χ0v) is 40.2. The van der Waals surface area contributed by atoms with Crippen LogP contribution in [0.5, 0.6) is 0 Å². The Labute approximate surface area is 420 Å². The van der Waals surface area contributed by atoms with E-state index in [1.807, 2.05) is 78.9 Å². The lowest BCUT2D eigenvalue weighted by Gasteiger charge is -2.28. The summed E-state index contributed by atoms with van der Waals surface area (Å²) < 4.78 is 177. The number of halogens is 13. The zero-order chi connectivity index (χ0) is 53.4. The number of esters is 2. The number of benzene rings is 6. The van der Waals surface area contributed by atoms with Crippen LogP contribution in [0.4, 0.5) is 52.7 Å². The molecule has 0 saturated carbocycles. The smallest absolute Gasteiger partial charge is 0.416 e. The van der Waals surface area contributed by atoms with Crippen LogP contribution in [0.2, 0.25) is 0 Å². The van der Waals surface area contributed by atoms with Gasteiger partial charge in [0.25, 0.3) is 0 Å². The number of ether oxygens (including phenoxy) is 4. The second-order valence-corrected chi connectivity index (χ2v) is 17.5. The molecule has 6 nitrogen and oxygen atoms in total. The predicted octanol–water partition coefficient (Wildman–Crippen LogP) is 16.0. The number of alkyl halides is 13. The van der Waals surface area contributed by atoms with Gasteiger partial charge in [0.2, 0.25) is 0 Å². The lowest BCUT2D eigenvalue weighted by atomic mass is 9.77. The van der Waals surface area contributed by atoms with E-state index in [1.54, 1.807) is 42.5 Å². The van der Waals surface area contributed by atoms with E-state index in [0.717, 1.165) is 23.1 Å². The molecule has 0 spiro atoms. The molecule has 73 heavy (non-hydrogen) atoms. The fourth-order valence-corrected chi connectivity index (χ4v) is 8.52. The summed E-state index contributed by atoms with van der Waals surface area (Å²) in [5.74, 6) is -0.818. The Morgan fingerprint density at radius 2 is 0.890 bits per heavy atom. The molecule has 19 heteroatoms. The molecular formula is C54H45BrF12O6. The van der Waals surface area contributed by atoms with Crippen molar-refractivity contribution in [2.24, 2.45) is 0 Å². The van der Waals surface area contributed by atoms with Gasteiger partial charge in [0.1, 0.15) is 23.1 Å². The number of rotatable bonds is 11. The van der Waals surface area contributed by atoms with Crippen LogP contribution in [0.25, 0.3) is 0 Å². The van der Waals surface area contributed by atoms with Gasteiger partial charge in [-0.05, 0) is 83.6 Å². The maximum atomic E-state index is 13.3. The van der Waals surface area contributed by atoms with E-state index in [2.05, 4.69) is 15.9 Å². The minimum Gasteiger partial charge on any atom is -0.457 e. The Hall–Kier alpha value is -6.18. The Bertz CT molecular complexity index is 2690. The summed E-state index contributed by atoms with van der Waals surface area (Å²) in [5, 5.41) is 0. The summed E-state index contributed by atoms with van der Waals surface area (Å²) >= 11 is 2.90. The summed E-state index contributed by atoms with van der Waals surface area (Å²) in [4.78, 5) is 25.1. The van der Waals surface area contributed by atoms with Crippen LogP contribution in [-0.2, 0) is 58.7 Å². The lowest BCUT2D eigenvalue weighted by molar-refractivity contribution is -0.148. The van der Waals surface area contributed by atoms with Gasteiger partial charge in [0.15, 0.2) is 0 Å². The second kappa shape index (κ2) is 23.4. The van der Waals surface area contributed by atoms with E-state index in [0.29, 0.717) is 29.8 Å². The topological polar surface area (TPSA) is 71.1 Å². The van der Waals surface area contributed by atoms with Crippen LogP contribution in [0.3, 0.4) is 0 Å². The van der Waals surface area contributed by atoms with E-state index in [9.17, 15) is 62.3 Å². The zero-order valence-electron chi connectivity index (χ0n) is 38.6. The van der Waals surface area contributed by atoms with Crippen molar-refractivity contribution in [1.82, 2.24) is 0 Å². The number of hydrogen-bond acceptors (Lipinski definition) is 6. The average molecular weight is 1100 g/mol. The van der Waals surface area contributed by atoms with Gasteiger partial charge in [0, 0.05) is 12.8 Å². The van der Waals surface area contributed by atoms with Gasteiger partial charge >= 0.3 is 36.6 Å². The monoisotopic (exact) mass is 1100 g/mol. The van der Waals surface area contributed by atoms with Crippen molar-refractivity contribution in [1.29, 1.82) is 0 Å². The summed E-state index contributed by atoms with van der Waals surface area (Å²) in [6.45, 7) is 2.43. The molecule has 2 aliphatic heterocycles. The summed E-state index contributed by atoms with van der Waals surface area (Å²) in [7, 11) is 0. The van der Waals surface area contributed by atoms with Crippen LogP contribution in [-0.4, -0.2) is 24.1 Å². The SMILES string of the molecule is C[C@@H](OCBr)c1cc(C(F)(F)F)cc(C(F)(F)F)c1.C[C@@H](OC[C@]1(c2ccccc2)C[C@@H](c2ccccc2)OC1=O)c1cc(C(F)(F)F)cc(C(F)(F)F)c1.O=C1O[C@H](c2ccccc2)C[C@H]1c1ccccc1. The normalized spacial score (nSPS) is 19.9. The molecular weight excluding hydrogens is 1050 g/mol. The van der Waals surface area contributed by atoms with Gasteiger partial charge in [-0.1, -0.05) is 137 Å². The highest BCUT2D eigenvalue weighted by Gasteiger charge is 2.51. The highest BCUT2D eigenvalue weighted by Crippen LogP contribution is 2.46. The molecule has 2 aliphatic rings. The molecule has 6 aromatic rings. The van der Waals surface area contributed by atoms with Gasteiger partial charge in [-0.2, -0.15) is 52.7 Å². The van der Waals surface area contributed by atoms with Crippen molar-refractivity contribution in [2.75, 3.05) is 12.1 Å². The molecule has 6 aromatic carbocycles. The van der Waals surface area contributed by atoms with Crippen molar-refractivity contribution >= 4 is 27.9 Å². The average Bonchev–Trinajstić information content (AvgIpc) is 3.93. The molecule has 2 saturated heterocycles. The summed E-state index contributed by atoms with van der Waals surface area (Å²) in [5.41, 5.74) is -3.83. The molecule has 6 atom stereocenters. The second-order valence-electron chi connectivity index (χ2n) is 17.0. The molecule has 0 aromatic heterocycles. The van der Waals surface area contributed by atoms with Gasteiger partial charge in [-0.15, -0.1) is 0 Å². The van der Waals surface area contributed by atoms with E-state index >= 15 is 0 Å². The van der Waals surface area contributed by atoms with Crippen molar-refractivity contribution in [3.05, 3.63) is 213 Å². The van der Waals surface area contributed by atoms with Crippen LogP contribution >= 0.6 is 15.9 Å². The predicted molar refractivity (Wildman–Crippen MR) is 248 cm³/mol. The third-order valence-electron chi connectivity index (χ3n) is 12.1.